The summed E-state index contributed by atoms with van der Waals surface area (Å²) in [4.78, 5) is 0. The Labute approximate surface area is 95.3 Å². The molecule has 2 nitrogen and oxygen atoms in total. The quantitative estimate of drug-likeness (QED) is 0.668. The zero-order chi connectivity index (χ0) is 12.5. The highest BCUT2D eigenvalue weighted by Crippen LogP contribution is 2.43. The van der Waals surface area contributed by atoms with Crippen molar-refractivity contribution in [3.05, 3.63) is 22.2 Å². The fourth-order valence-corrected chi connectivity index (χ4v) is 1.59. The number of alkyl halides is 5. The number of hydrogen-bond donors (Lipinski definition) is 1. The van der Waals surface area contributed by atoms with E-state index in [2.05, 4.69) is 20.7 Å². The third-order valence-corrected chi connectivity index (χ3v) is 2.49. The predicted molar refractivity (Wildman–Crippen MR) is 50.2 cm³/mol. The summed E-state index contributed by atoms with van der Waals surface area (Å²) in [6.07, 6.45) is -4.83. The summed E-state index contributed by atoms with van der Waals surface area (Å²) in [5.41, 5.74) is 3.66. The Morgan fingerprint density at radius 2 is 1.81 bits per heavy atom. The van der Waals surface area contributed by atoms with Crippen molar-refractivity contribution < 1.29 is 26.7 Å². The molecule has 0 saturated carbocycles. The van der Waals surface area contributed by atoms with E-state index in [0.717, 1.165) is 12.1 Å². The lowest BCUT2D eigenvalue weighted by Crippen LogP contribution is -2.13. The maximum atomic E-state index is 12.5. The van der Waals surface area contributed by atoms with Gasteiger partial charge in [-0.2, -0.15) is 22.0 Å². The molecule has 8 heteroatoms. The van der Waals surface area contributed by atoms with Crippen LogP contribution in [-0.2, 0) is 6.18 Å². The largest absolute Gasteiger partial charge is 0.434 e. The first kappa shape index (κ1) is 13.0. The van der Waals surface area contributed by atoms with Crippen LogP contribution in [0.25, 0.3) is 0 Å². The van der Waals surface area contributed by atoms with Gasteiger partial charge in [0.05, 0.1) is 4.47 Å². The van der Waals surface area contributed by atoms with Crippen molar-refractivity contribution in [3.8, 4) is 5.75 Å². The number of benzene rings is 1. The summed E-state index contributed by atoms with van der Waals surface area (Å²) in [5, 5.41) is 0. The number of nitrogen functional groups attached to an aromatic ring is 1. The molecule has 2 N–H and O–H groups in total. The fourth-order valence-electron chi connectivity index (χ4n) is 1.03. The van der Waals surface area contributed by atoms with Gasteiger partial charge >= 0.3 is 12.8 Å². The molecule has 1 aromatic rings. The molecule has 16 heavy (non-hydrogen) atoms. The molecule has 0 fully saturated rings. The first-order valence-electron chi connectivity index (χ1n) is 3.83. The molecule has 0 aliphatic heterocycles. The van der Waals surface area contributed by atoms with E-state index in [-0.39, 0.29) is 5.69 Å². The van der Waals surface area contributed by atoms with Crippen molar-refractivity contribution in [1.82, 2.24) is 0 Å². The van der Waals surface area contributed by atoms with Gasteiger partial charge in [0, 0.05) is 5.69 Å². The van der Waals surface area contributed by atoms with Crippen LogP contribution in [0.5, 0.6) is 5.75 Å². The van der Waals surface area contributed by atoms with Crippen LogP contribution in [0.2, 0.25) is 0 Å². The van der Waals surface area contributed by atoms with Crippen LogP contribution in [0, 0.1) is 0 Å². The predicted octanol–water partition coefficient (Wildman–Crippen LogP) is 3.65. The highest BCUT2D eigenvalue weighted by molar-refractivity contribution is 9.10. The van der Waals surface area contributed by atoms with Gasteiger partial charge in [0.2, 0.25) is 0 Å². The van der Waals surface area contributed by atoms with Crippen LogP contribution in [0.15, 0.2) is 16.6 Å². The third-order valence-electron chi connectivity index (χ3n) is 1.63. The molecule has 0 saturated heterocycles. The topological polar surface area (TPSA) is 35.2 Å². The van der Waals surface area contributed by atoms with Crippen molar-refractivity contribution in [2.24, 2.45) is 0 Å². The van der Waals surface area contributed by atoms with Crippen molar-refractivity contribution in [1.29, 1.82) is 0 Å². The summed E-state index contributed by atoms with van der Waals surface area (Å²) in [6, 6.07) is 1.78. The van der Waals surface area contributed by atoms with Crippen LogP contribution >= 0.6 is 15.9 Å². The second-order valence-corrected chi connectivity index (χ2v) is 3.51. The van der Waals surface area contributed by atoms with Gasteiger partial charge in [0.1, 0.15) is 11.3 Å². The van der Waals surface area contributed by atoms with Gasteiger partial charge < -0.3 is 10.5 Å². The standard InChI is InChI=1S/C8H5BrF5NO/c9-6-3(15)1-2-4(16-7(10)11)5(6)8(12,13)14/h1-2,7H,15H2. The zero-order valence-electron chi connectivity index (χ0n) is 7.49. The first-order valence-corrected chi connectivity index (χ1v) is 4.62. The lowest BCUT2D eigenvalue weighted by molar-refractivity contribution is -0.142. The summed E-state index contributed by atoms with van der Waals surface area (Å²) >= 11 is 2.59. The Hall–Kier alpha value is -1.05. The molecule has 0 amide bonds. The average Bonchev–Trinajstić information content (AvgIpc) is 2.08. The summed E-state index contributed by atoms with van der Waals surface area (Å²) in [5.74, 6) is -0.969. The van der Waals surface area contributed by atoms with Crippen molar-refractivity contribution >= 4 is 21.6 Å². The molecule has 0 radical (unpaired) electrons. The van der Waals surface area contributed by atoms with Gasteiger partial charge in [-0.3, -0.25) is 0 Å². The third kappa shape index (κ3) is 2.75. The van der Waals surface area contributed by atoms with Crippen LogP contribution in [0.1, 0.15) is 5.56 Å². The maximum Gasteiger partial charge on any atom is 0.421 e. The monoisotopic (exact) mass is 305 g/mol. The second kappa shape index (κ2) is 4.44. The van der Waals surface area contributed by atoms with Crippen LogP contribution in [0.3, 0.4) is 0 Å². The number of anilines is 1. The Morgan fingerprint density at radius 1 is 1.25 bits per heavy atom. The lowest BCUT2D eigenvalue weighted by atomic mass is 10.1. The van der Waals surface area contributed by atoms with Gasteiger partial charge in [-0.05, 0) is 28.1 Å². The van der Waals surface area contributed by atoms with E-state index in [9.17, 15) is 22.0 Å². The molecular weight excluding hydrogens is 301 g/mol. The Kier molecular flexibility index (Phi) is 3.61. The van der Waals surface area contributed by atoms with E-state index in [1.165, 1.54) is 0 Å². The lowest BCUT2D eigenvalue weighted by Gasteiger charge is -2.16. The number of ether oxygens (including phenoxy) is 1. The number of rotatable bonds is 2. The molecule has 0 aromatic heterocycles. The molecule has 0 heterocycles. The van der Waals surface area contributed by atoms with E-state index < -0.39 is 28.6 Å². The molecule has 1 aromatic carbocycles. The van der Waals surface area contributed by atoms with Crippen LogP contribution in [0.4, 0.5) is 27.6 Å². The van der Waals surface area contributed by atoms with E-state index in [0.29, 0.717) is 0 Å². The van der Waals surface area contributed by atoms with Gasteiger partial charge in [-0.1, -0.05) is 0 Å². The minimum atomic E-state index is -4.83. The van der Waals surface area contributed by atoms with Crippen molar-refractivity contribution in [3.63, 3.8) is 0 Å². The molecule has 0 bridgehead atoms. The molecule has 0 unspecified atom stereocenters. The van der Waals surface area contributed by atoms with Crippen molar-refractivity contribution in [2.45, 2.75) is 12.8 Å². The fraction of sp³-hybridized carbons (Fsp3) is 0.250. The Bertz CT molecular complexity index is 393. The van der Waals surface area contributed by atoms with Crippen molar-refractivity contribution in [2.75, 3.05) is 5.73 Å². The molecule has 0 spiro atoms. The van der Waals surface area contributed by atoms with Gasteiger partial charge in [-0.15, -0.1) is 0 Å². The maximum absolute atomic E-state index is 12.5. The van der Waals surface area contributed by atoms with Crippen LogP contribution < -0.4 is 10.5 Å². The summed E-state index contributed by atoms with van der Waals surface area (Å²) in [7, 11) is 0. The summed E-state index contributed by atoms with van der Waals surface area (Å²) in [6.45, 7) is -3.34. The minimum Gasteiger partial charge on any atom is -0.434 e. The molecule has 0 aliphatic carbocycles. The average molecular weight is 306 g/mol. The van der Waals surface area contributed by atoms with Gasteiger partial charge in [-0.25, -0.2) is 0 Å². The normalized spacial score (nSPS) is 11.9. The second-order valence-electron chi connectivity index (χ2n) is 2.72. The molecule has 1 rings (SSSR count). The Morgan fingerprint density at radius 3 is 2.25 bits per heavy atom. The molecule has 0 aliphatic rings. The van der Waals surface area contributed by atoms with Crippen LogP contribution in [-0.4, -0.2) is 6.61 Å². The van der Waals surface area contributed by atoms with E-state index in [4.69, 9.17) is 5.73 Å². The molecule has 90 valence electrons. The Balaban J connectivity index is 3.33. The van der Waals surface area contributed by atoms with E-state index in [1.54, 1.807) is 0 Å². The smallest absolute Gasteiger partial charge is 0.421 e. The zero-order valence-corrected chi connectivity index (χ0v) is 9.07. The van der Waals surface area contributed by atoms with E-state index in [1.807, 2.05) is 0 Å². The summed E-state index contributed by atoms with van der Waals surface area (Å²) < 4.78 is 64.6. The number of halogens is 6. The molecular formula is C8H5BrF5NO. The van der Waals surface area contributed by atoms with Gasteiger partial charge in [0.25, 0.3) is 0 Å². The van der Waals surface area contributed by atoms with E-state index >= 15 is 0 Å². The number of hydrogen-bond acceptors (Lipinski definition) is 2. The first-order chi connectivity index (χ1) is 7.23. The van der Waals surface area contributed by atoms with Gasteiger partial charge in [0.15, 0.2) is 0 Å². The highest BCUT2D eigenvalue weighted by atomic mass is 79.9. The minimum absolute atomic E-state index is 0.214. The molecule has 0 atom stereocenters. The SMILES string of the molecule is Nc1ccc(OC(F)F)c(C(F)(F)F)c1Br. The highest BCUT2D eigenvalue weighted by Gasteiger charge is 2.38. The number of nitrogens with two attached hydrogens (primary N) is 1.